The van der Waals surface area contributed by atoms with E-state index in [1.165, 1.54) is 27.9 Å². The number of benzene rings is 8. The quantitative estimate of drug-likeness (QED) is 0.136. The van der Waals surface area contributed by atoms with E-state index in [1.54, 1.807) is 6.92 Å². The third-order valence-electron chi connectivity index (χ3n) is 16.2. The number of aliphatic hydroxyl groups is 1. The fraction of sp³-hybridized carbons (Fsp3) is 0.216. The molecular weight excluding hydrogens is 1080 g/mol. The molecule has 0 bridgehead atoms. The lowest BCUT2D eigenvalue weighted by atomic mass is 9.99. The molecule has 8 aromatic carbocycles. The lowest BCUT2D eigenvalue weighted by Gasteiger charge is -2.38. The van der Waals surface area contributed by atoms with Gasteiger partial charge in [0.25, 0.3) is 0 Å². The second-order valence-electron chi connectivity index (χ2n) is 22.0. The van der Waals surface area contributed by atoms with Crippen molar-refractivity contribution in [3.8, 4) is 23.0 Å². The summed E-state index contributed by atoms with van der Waals surface area (Å²) >= 11 is 0. The number of para-hydroxylation sites is 12. The highest BCUT2D eigenvalue weighted by molar-refractivity contribution is 5.91. The second-order valence-corrected chi connectivity index (χ2v) is 22.0. The Hall–Kier alpha value is -9.82. The molecule has 0 aliphatic carbocycles. The number of H-pyrrole nitrogens is 1. The van der Waals surface area contributed by atoms with Crippen molar-refractivity contribution in [3.63, 3.8) is 0 Å². The topological polar surface area (TPSA) is 119 Å². The SMILES string of the molecule is C1=C(c2c[nH]c3ncccc23)CCN(CC2CN(c3ccccc3)c3ccccc3O2)C1.CC(=O)C1CN(c2ccccc2)c2ccccc2O1.CCC1CN(c2ccccc2)c2ccccc2O1.OCC1CN(c2ccccc2)c2ccccc2O1. The van der Waals surface area contributed by atoms with Crippen molar-refractivity contribution in [2.24, 2.45) is 0 Å². The van der Waals surface area contributed by atoms with Gasteiger partial charge >= 0.3 is 0 Å². The van der Waals surface area contributed by atoms with Crippen LogP contribution in [0.5, 0.6) is 23.0 Å². The first-order valence-electron chi connectivity index (χ1n) is 30.2. The number of ketones is 1. The molecule has 0 spiro atoms. The number of rotatable bonds is 10. The van der Waals surface area contributed by atoms with E-state index in [1.807, 2.05) is 128 Å². The zero-order chi connectivity index (χ0) is 59.3. The van der Waals surface area contributed by atoms with E-state index < -0.39 is 6.10 Å². The summed E-state index contributed by atoms with van der Waals surface area (Å²) in [6.45, 7) is 9.63. The molecule has 440 valence electrons. The molecule has 0 saturated heterocycles. The Morgan fingerprint density at radius 3 is 1.37 bits per heavy atom. The molecule has 0 fully saturated rings. The van der Waals surface area contributed by atoms with Crippen LogP contribution in [0.15, 0.2) is 249 Å². The van der Waals surface area contributed by atoms with Gasteiger partial charge in [-0.3, -0.25) is 9.69 Å². The standard InChI is InChI=1S/C27H26N4O.C16H15NO2.C16H17NO.C15H15NO2/c1-2-7-21(8-3-1)31-19-22(32-26-11-5-4-10-25(26)31)18-30-15-12-20(13-16-30)24-17-29-27-23(24)9-6-14-28-27;1-12(18)16-11-17(13-7-3-2-4-8-13)14-9-5-6-10-15(14)19-16;1-2-14-12-17(13-8-4-3-5-9-13)15-10-6-7-11-16(15)18-14;17-11-13-10-16(12-6-2-1-3-7-12)14-8-4-5-9-15(14)18-13/h1-12,14,17,22H,13,15-16,18-19H2,(H,28,29);2-10,16H,11H2,1H3;3-11,14H,2,12H2,1H3;1-9,13,17H,10-11H2. The van der Waals surface area contributed by atoms with E-state index in [9.17, 15) is 9.90 Å². The van der Waals surface area contributed by atoms with Crippen molar-refractivity contribution in [2.75, 3.05) is 72.0 Å². The molecule has 13 heteroatoms. The number of fused-ring (bicyclic) bond motifs is 5. The predicted molar refractivity (Wildman–Crippen MR) is 350 cm³/mol. The van der Waals surface area contributed by atoms with Crippen LogP contribution in [0, 0.1) is 0 Å². The van der Waals surface area contributed by atoms with Crippen LogP contribution in [-0.4, -0.2) is 103 Å². The summed E-state index contributed by atoms with van der Waals surface area (Å²) in [7, 11) is 0. The Bertz CT molecular complexity index is 3790. The third-order valence-corrected chi connectivity index (χ3v) is 16.2. The smallest absolute Gasteiger partial charge is 0.174 e. The van der Waals surface area contributed by atoms with Crippen molar-refractivity contribution in [3.05, 3.63) is 255 Å². The highest BCUT2D eigenvalue weighted by Crippen LogP contribution is 2.42. The summed E-state index contributed by atoms with van der Waals surface area (Å²) in [5.74, 6) is 3.59. The summed E-state index contributed by atoms with van der Waals surface area (Å²) < 4.78 is 23.9. The molecule has 7 heterocycles. The molecular formula is C74H73N7O6. The monoisotopic (exact) mass is 1160 g/mol. The van der Waals surface area contributed by atoms with Gasteiger partial charge in [-0.15, -0.1) is 0 Å². The van der Waals surface area contributed by atoms with Gasteiger partial charge in [-0.25, -0.2) is 4.98 Å². The van der Waals surface area contributed by atoms with Gasteiger partial charge < -0.3 is 48.6 Å². The Morgan fingerprint density at radius 1 is 0.506 bits per heavy atom. The van der Waals surface area contributed by atoms with Crippen LogP contribution in [0.3, 0.4) is 0 Å². The number of aromatic nitrogens is 2. The molecule has 5 aliphatic heterocycles. The van der Waals surface area contributed by atoms with Gasteiger partial charge in [0.2, 0.25) is 0 Å². The number of carbonyl (C=O) groups excluding carboxylic acids is 1. The van der Waals surface area contributed by atoms with E-state index in [0.29, 0.717) is 13.1 Å². The number of anilines is 8. The molecule has 2 aromatic heterocycles. The molecule has 4 unspecified atom stereocenters. The molecule has 4 atom stereocenters. The average molecular weight is 1160 g/mol. The van der Waals surface area contributed by atoms with Crippen LogP contribution in [0.2, 0.25) is 0 Å². The first-order valence-corrected chi connectivity index (χ1v) is 30.2. The molecule has 10 aromatic rings. The summed E-state index contributed by atoms with van der Waals surface area (Å²) in [5, 5.41) is 10.5. The molecule has 15 rings (SSSR count). The molecule has 5 aliphatic rings. The van der Waals surface area contributed by atoms with Crippen LogP contribution < -0.4 is 38.5 Å². The lowest BCUT2D eigenvalue weighted by molar-refractivity contribution is -0.123. The van der Waals surface area contributed by atoms with Gasteiger partial charge in [-0.05, 0) is 135 Å². The molecule has 0 radical (unpaired) electrons. The minimum absolute atomic E-state index is 0.0255. The Kier molecular flexibility index (Phi) is 18.2. The highest BCUT2D eigenvalue weighted by atomic mass is 16.5. The number of carbonyl (C=O) groups is 1. The van der Waals surface area contributed by atoms with E-state index in [4.69, 9.17) is 18.9 Å². The molecule has 0 saturated carbocycles. The zero-order valence-corrected chi connectivity index (χ0v) is 49.2. The number of aliphatic hydroxyl groups excluding tert-OH is 1. The van der Waals surface area contributed by atoms with Crippen molar-refractivity contribution in [2.45, 2.75) is 51.1 Å². The zero-order valence-electron chi connectivity index (χ0n) is 49.2. The molecule has 0 amide bonds. The van der Waals surface area contributed by atoms with E-state index >= 15 is 0 Å². The highest BCUT2D eigenvalue weighted by Gasteiger charge is 2.32. The second kappa shape index (κ2) is 27.5. The van der Waals surface area contributed by atoms with Crippen LogP contribution in [-0.2, 0) is 4.79 Å². The van der Waals surface area contributed by atoms with Crippen LogP contribution in [0.4, 0.5) is 45.5 Å². The maximum atomic E-state index is 11.6. The minimum Gasteiger partial charge on any atom is -0.486 e. The first-order chi connectivity index (χ1) is 42.9. The maximum absolute atomic E-state index is 11.6. The number of Topliss-reactive ketones (excluding diaryl/α,β-unsaturated/α-hetero) is 1. The van der Waals surface area contributed by atoms with Crippen molar-refractivity contribution >= 4 is 67.9 Å². The van der Waals surface area contributed by atoms with Crippen molar-refractivity contribution in [1.29, 1.82) is 0 Å². The predicted octanol–water partition coefficient (Wildman–Crippen LogP) is 15.0. The van der Waals surface area contributed by atoms with Gasteiger partial charge in [0.15, 0.2) is 11.9 Å². The number of hydrogen-bond acceptors (Lipinski definition) is 12. The van der Waals surface area contributed by atoms with Crippen molar-refractivity contribution in [1.82, 2.24) is 14.9 Å². The van der Waals surface area contributed by atoms with E-state index in [-0.39, 0.29) is 30.7 Å². The Balaban J connectivity index is 0.000000118. The average Bonchev–Trinajstić information content (AvgIpc) is 3.33. The van der Waals surface area contributed by atoms with Crippen LogP contribution in [0.25, 0.3) is 16.6 Å². The summed E-state index contributed by atoms with van der Waals surface area (Å²) in [5.41, 5.74) is 12.6. The number of nitrogens with one attached hydrogen (secondary N) is 1. The van der Waals surface area contributed by atoms with Gasteiger partial charge in [-0.1, -0.05) is 134 Å². The lowest BCUT2D eigenvalue weighted by Crippen LogP contribution is -2.45. The van der Waals surface area contributed by atoms with Gasteiger partial charge in [-0.2, -0.15) is 0 Å². The normalized spacial score (nSPS) is 18.2. The fourth-order valence-electron chi connectivity index (χ4n) is 11.8. The van der Waals surface area contributed by atoms with E-state index in [0.717, 1.165) is 108 Å². The Morgan fingerprint density at radius 2 is 0.920 bits per heavy atom. The van der Waals surface area contributed by atoms with Gasteiger partial charge in [0.1, 0.15) is 47.0 Å². The Labute approximate surface area is 509 Å². The largest absolute Gasteiger partial charge is 0.486 e. The number of nitrogens with zero attached hydrogens (tertiary/aromatic N) is 6. The number of ether oxygens (including phenoxy) is 4. The summed E-state index contributed by atoms with van der Waals surface area (Å²) in [6, 6.07) is 77.8. The van der Waals surface area contributed by atoms with Crippen LogP contribution in [0.1, 0.15) is 32.3 Å². The van der Waals surface area contributed by atoms with E-state index in [2.05, 4.69) is 163 Å². The van der Waals surface area contributed by atoms with Crippen molar-refractivity contribution < 1.29 is 28.8 Å². The number of aromatic amines is 1. The third kappa shape index (κ3) is 13.5. The molecule has 13 nitrogen and oxygen atoms in total. The summed E-state index contributed by atoms with van der Waals surface area (Å²) in [6.07, 6.45) is 8.15. The fourth-order valence-corrected chi connectivity index (χ4v) is 11.8. The minimum atomic E-state index is -0.407. The van der Waals surface area contributed by atoms with Crippen LogP contribution >= 0.6 is 0 Å². The van der Waals surface area contributed by atoms with Gasteiger partial charge in [0, 0.05) is 65.7 Å². The van der Waals surface area contributed by atoms with Gasteiger partial charge in [0.05, 0.1) is 55.5 Å². The molecule has 2 N–H and O–H groups in total. The number of pyridine rings is 1. The maximum Gasteiger partial charge on any atom is 0.174 e. The molecule has 87 heavy (non-hydrogen) atoms. The summed E-state index contributed by atoms with van der Waals surface area (Å²) in [4.78, 5) is 30.9. The number of hydrogen-bond donors (Lipinski definition) is 2. The first kappa shape index (κ1) is 57.6.